The van der Waals surface area contributed by atoms with Crippen molar-refractivity contribution in [2.45, 2.75) is 47.0 Å². The lowest BCUT2D eigenvalue weighted by Crippen LogP contribution is -2.27. The van der Waals surface area contributed by atoms with Crippen LogP contribution in [-0.2, 0) is 12.8 Å². The number of carbonyl (C=O) groups excluding carboxylic acids is 1. The molecular weight excluding hydrogens is 408 g/mol. The number of hydrogen-bond acceptors (Lipinski definition) is 4. The Morgan fingerprint density at radius 1 is 1.20 bits per heavy atom. The first-order valence-corrected chi connectivity index (χ1v) is 12.1. The maximum atomic E-state index is 13.3. The molecule has 0 aliphatic heterocycles. The van der Waals surface area contributed by atoms with Crippen LogP contribution in [0.15, 0.2) is 46.8 Å². The van der Waals surface area contributed by atoms with Gasteiger partial charge in [-0.05, 0) is 72.2 Å². The standard InChI is InChI=1S/C25H28N2OS2/c1-16-12-13-29-21(16)15-26-24-22(23(28)27-18-8-6-5-7-9-18)19-11-10-17(25(2,3)4)14-20(19)30-24/h5-9,12-13,15,17H,10-11,14H2,1-4H3,(H,27,28)/b26-15+. The van der Waals surface area contributed by atoms with Crippen molar-refractivity contribution >= 4 is 45.5 Å². The van der Waals surface area contributed by atoms with Gasteiger partial charge >= 0.3 is 0 Å². The van der Waals surface area contributed by atoms with E-state index in [9.17, 15) is 4.79 Å². The third-order valence-corrected chi connectivity index (χ3v) is 8.05. The fourth-order valence-electron chi connectivity index (χ4n) is 3.98. The summed E-state index contributed by atoms with van der Waals surface area (Å²) in [5, 5.41) is 5.98. The van der Waals surface area contributed by atoms with Crippen LogP contribution in [0.3, 0.4) is 0 Å². The summed E-state index contributed by atoms with van der Waals surface area (Å²) in [6, 6.07) is 11.8. The number of anilines is 1. The molecule has 2 aromatic heterocycles. The number of amides is 1. The van der Waals surface area contributed by atoms with Crippen LogP contribution >= 0.6 is 22.7 Å². The molecule has 30 heavy (non-hydrogen) atoms. The van der Waals surface area contributed by atoms with Crippen LogP contribution in [0, 0.1) is 18.3 Å². The Labute approximate surface area is 186 Å². The average molecular weight is 437 g/mol. The predicted octanol–water partition coefficient (Wildman–Crippen LogP) is 7.27. The second-order valence-corrected chi connectivity index (χ2v) is 11.1. The number of fused-ring (bicyclic) bond motifs is 1. The lowest BCUT2D eigenvalue weighted by atomic mass is 9.72. The number of thiophene rings is 2. The van der Waals surface area contributed by atoms with Crippen LogP contribution in [0.1, 0.15) is 58.4 Å². The van der Waals surface area contributed by atoms with E-state index in [4.69, 9.17) is 4.99 Å². The van der Waals surface area contributed by atoms with Gasteiger partial charge in [-0.1, -0.05) is 39.0 Å². The minimum Gasteiger partial charge on any atom is -0.322 e. The van der Waals surface area contributed by atoms with Crippen molar-refractivity contribution in [2.75, 3.05) is 5.32 Å². The average Bonchev–Trinajstić information content (AvgIpc) is 3.28. The van der Waals surface area contributed by atoms with Gasteiger partial charge in [-0.15, -0.1) is 22.7 Å². The smallest absolute Gasteiger partial charge is 0.259 e. The normalized spacial score (nSPS) is 16.6. The molecule has 3 nitrogen and oxygen atoms in total. The first kappa shape index (κ1) is 21.0. The summed E-state index contributed by atoms with van der Waals surface area (Å²) in [5.74, 6) is 0.577. The van der Waals surface area contributed by atoms with E-state index >= 15 is 0 Å². The molecule has 1 unspecified atom stereocenters. The van der Waals surface area contributed by atoms with Crippen molar-refractivity contribution in [1.82, 2.24) is 0 Å². The molecule has 1 N–H and O–H groups in total. The molecule has 4 rings (SSSR count). The van der Waals surface area contributed by atoms with Gasteiger partial charge in [0.25, 0.3) is 5.91 Å². The maximum Gasteiger partial charge on any atom is 0.259 e. The van der Waals surface area contributed by atoms with E-state index in [1.807, 2.05) is 36.5 Å². The Kier molecular flexibility index (Phi) is 5.94. The predicted molar refractivity (Wildman–Crippen MR) is 130 cm³/mol. The van der Waals surface area contributed by atoms with Crippen LogP contribution < -0.4 is 5.32 Å². The number of aliphatic imine (C=N–C) groups is 1. The van der Waals surface area contributed by atoms with Crippen molar-refractivity contribution in [3.63, 3.8) is 0 Å². The van der Waals surface area contributed by atoms with Gasteiger partial charge in [-0.3, -0.25) is 4.79 Å². The SMILES string of the molecule is Cc1ccsc1/C=N/c1sc2c(c1C(=O)Nc1ccccc1)CCC(C(C)(C)C)C2. The van der Waals surface area contributed by atoms with Crippen molar-refractivity contribution < 1.29 is 4.79 Å². The van der Waals surface area contributed by atoms with Crippen molar-refractivity contribution in [2.24, 2.45) is 16.3 Å². The minimum absolute atomic E-state index is 0.0528. The van der Waals surface area contributed by atoms with Crippen LogP contribution in [0.5, 0.6) is 0 Å². The third kappa shape index (κ3) is 4.42. The molecule has 1 amide bonds. The summed E-state index contributed by atoms with van der Waals surface area (Å²) in [5.41, 5.74) is 4.26. The lowest BCUT2D eigenvalue weighted by molar-refractivity contribution is 0.102. The molecule has 0 spiro atoms. The van der Waals surface area contributed by atoms with E-state index in [2.05, 4.69) is 44.5 Å². The summed E-state index contributed by atoms with van der Waals surface area (Å²) < 4.78 is 0. The fourth-order valence-corrected chi connectivity index (χ4v) is 6.04. The van der Waals surface area contributed by atoms with Gasteiger partial charge in [0.1, 0.15) is 5.00 Å². The minimum atomic E-state index is -0.0528. The zero-order valence-corrected chi connectivity index (χ0v) is 19.6. The Morgan fingerprint density at radius 3 is 2.63 bits per heavy atom. The van der Waals surface area contributed by atoms with Crippen LogP contribution in [-0.4, -0.2) is 12.1 Å². The Balaban J connectivity index is 1.71. The van der Waals surface area contributed by atoms with Gasteiger partial charge in [0.15, 0.2) is 0 Å². The van der Waals surface area contributed by atoms with E-state index in [-0.39, 0.29) is 11.3 Å². The van der Waals surface area contributed by atoms with Gasteiger partial charge in [-0.2, -0.15) is 0 Å². The quantitative estimate of drug-likeness (QED) is 0.429. The first-order chi connectivity index (χ1) is 14.3. The van der Waals surface area contributed by atoms with Gasteiger partial charge in [0.05, 0.1) is 5.56 Å². The van der Waals surface area contributed by atoms with Gasteiger partial charge in [-0.25, -0.2) is 4.99 Å². The molecule has 1 atom stereocenters. The molecule has 1 aliphatic carbocycles. The Hall–Kier alpha value is -2.24. The molecule has 1 aromatic carbocycles. The molecule has 156 valence electrons. The highest BCUT2D eigenvalue weighted by atomic mass is 32.1. The highest BCUT2D eigenvalue weighted by Crippen LogP contribution is 2.45. The van der Waals surface area contributed by atoms with Crippen molar-refractivity contribution in [3.05, 3.63) is 68.2 Å². The van der Waals surface area contributed by atoms with Crippen molar-refractivity contribution in [1.29, 1.82) is 0 Å². The number of aryl methyl sites for hydroxylation is 1. The van der Waals surface area contributed by atoms with Gasteiger partial charge in [0, 0.05) is 21.7 Å². The largest absolute Gasteiger partial charge is 0.322 e. The first-order valence-electron chi connectivity index (χ1n) is 10.4. The molecule has 1 aliphatic rings. The maximum absolute atomic E-state index is 13.3. The Morgan fingerprint density at radius 2 is 1.97 bits per heavy atom. The van der Waals surface area contributed by atoms with Gasteiger partial charge < -0.3 is 5.32 Å². The van der Waals surface area contributed by atoms with Crippen LogP contribution in [0.4, 0.5) is 10.7 Å². The molecule has 0 radical (unpaired) electrons. The molecule has 0 fully saturated rings. The van der Waals surface area contributed by atoms with Gasteiger partial charge in [0.2, 0.25) is 0 Å². The zero-order valence-electron chi connectivity index (χ0n) is 18.0. The molecule has 0 saturated carbocycles. The fraction of sp³-hybridized carbons (Fsp3) is 0.360. The van der Waals surface area contributed by atoms with E-state index in [0.717, 1.165) is 40.4 Å². The van der Waals surface area contributed by atoms with Crippen LogP contribution in [0.2, 0.25) is 0 Å². The second-order valence-electron chi connectivity index (χ2n) is 9.04. The number of carbonyl (C=O) groups is 1. The van der Waals surface area contributed by atoms with Crippen LogP contribution in [0.25, 0.3) is 0 Å². The van der Waals surface area contributed by atoms with E-state index in [1.54, 1.807) is 22.7 Å². The summed E-state index contributed by atoms with van der Waals surface area (Å²) in [4.78, 5) is 20.6. The summed E-state index contributed by atoms with van der Waals surface area (Å²) in [6.07, 6.45) is 5.01. The highest BCUT2D eigenvalue weighted by molar-refractivity contribution is 7.16. The van der Waals surface area contributed by atoms with E-state index in [0.29, 0.717) is 5.92 Å². The molecular formula is C25H28N2OS2. The Bertz CT molecular complexity index is 1070. The summed E-state index contributed by atoms with van der Waals surface area (Å²) >= 11 is 3.37. The highest BCUT2D eigenvalue weighted by Gasteiger charge is 2.33. The molecule has 0 saturated heterocycles. The third-order valence-electron chi connectivity index (χ3n) is 5.93. The number of nitrogens with zero attached hydrogens (tertiary/aromatic N) is 1. The monoisotopic (exact) mass is 436 g/mol. The zero-order chi connectivity index (χ0) is 21.3. The lowest BCUT2D eigenvalue weighted by Gasteiger charge is -2.33. The number of nitrogens with one attached hydrogen (secondary N) is 1. The van der Waals surface area contributed by atoms with E-state index in [1.165, 1.54) is 16.0 Å². The number of benzene rings is 1. The summed E-state index contributed by atoms with van der Waals surface area (Å²) in [6.45, 7) is 9.04. The summed E-state index contributed by atoms with van der Waals surface area (Å²) in [7, 11) is 0. The molecule has 5 heteroatoms. The molecule has 3 aromatic rings. The van der Waals surface area contributed by atoms with E-state index < -0.39 is 0 Å². The number of rotatable bonds is 4. The number of para-hydroxylation sites is 1. The second kappa shape index (κ2) is 8.48. The number of hydrogen-bond donors (Lipinski definition) is 1. The molecule has 0 bridgehead atoms. The molecule has 2 heterocycles. The van der Waals surface area contributed by atoms with Crippen molar-refractivity contribution in [3.8, 4) is 0 Å². The topological polar surface area (TPSA) is 41.5 Å².